The van der Waals surface area contributed by atoms with Gasteiger partial charge in [0.05, 0.1) is 11.4 Å². The number of aryl methyl sites for hydroxylation is 1. The lowest BCUT2D eigenvalue weighted by molar-refractivity contribution is 0.102. The van der Waals surface area contributed by atoms with Crippen molar-refractivity contribution in [1.29, 1.82) is 0 Å². The molecule has 0 aliphatic rings. The van der Waals surface area contributed by atoms with Gasteiger partial charge in [-0.15, -0.1) is 0 Å². The van der Waals surface area contributed by atoms with E-state index in [1.165, 1.54) is 0 Å². The van der Waals surface area contributed by atoms with Gasteiger partial charge in [0.25, 0.3) is 5.91 Å². The first kappa shape index (κ1) is 18.4. The van der Waals surface area contributed by atoms with Gasteiger partial charge in [-0.1, -0.05) is 72.3 Å². The summed E-state index contributed by atoms with van der Waals surface area (Å²) in [5.41, 5.74) is 4.34. The number of rotatable bonds is 5. The molecule has 0 bridgehead atoms. The van der Waals surface area contributed by atoms with Crippen molar-refractivity contribution in [1.82, 2.24) is 10.2 Å². The predicted molar refractivity (Wildman–Crippen MR) is 113 cm³/mol. The molecule has 4 aromatic rings. The Hall–Kier alpha value is -3.99. The van der Waals surface area contributed by atoms with Crippen LogP contribution in [0, 0.1) is 6.92 Å². The molecular weight excluding hydrogens is 362 g/mol. The smallest absolute Gasteiger partial charge is 0.273 e. The van der Waals surface area contributed by atoms with Crippen LogP contribution in [0.3, 0.4) is 0 Å². The van der Waals surface area contributed by atoms with Gasteiger partial charge in [0, 0.05) is 16.7 Å². The van der Waals surface area contributed by atoms with Gasteiger partial charge < -0.3 is 5.32 Å². The van der Waals surface area contributed by atoms with Crippen LogP contribution in [0.2, 0.25) is 0 Å². The molecule has 4 rings (SSSR count). The molecular formula is C24H19N3O2. The van der Waals surface area contributed by atoms with E-state index in [0.29, 0.717) is 28.2 Å². The summed E-state index contributed by atoms with van der Waals surface area (Å²) >= 11 is 0. The molecule has 5 nitrogen and oxygen atoms in total. The zero-order valence-corrected chi connectivity index (χ0v) is 15.8. The van der Waals surface area contributed by atoms with Gasteiger partial charge in [-0.3, -0.25) is 14.7 Å². The van der Waals surface area contributed by atoms with Crippen LogP contribution in [0.4, 0.5) is 5.69 Å². The van der Waals surface area contributed by atoms with Gasteiger partial charge in [0.15, 0.2) is 5.78 Å². The molecule has 0 saturated carbocycles. The second-order valence-corrected chi connectivity index (χ2v) is 6.73. The normalized spacial score (nSPS) is 10.5. The summed E-state index contributed by atoms with van der Waals surface area (Å²) in [6.07, 6.45) is 0. The van der Waals surface area contributed by atoms with Crippen LogP contribution in [0.5, 0.6) is 0 Å². The Morgan fingerprint density at radius 1 is 0.862 bits per heavy atom. The number of carbonyl (C=O) groups excluding carboxylic acids is 2. The van der Waals surface area contributed by atoms with Gasteiger partial charge in [-0.25, -0.2) is 0 Å². The molecule has 0 radical (unpaired) electrons. The van der Waals surface area contributed by atoms with E-state index in [0.717, 1.165) is 11.1 Å². The average molecular weight is 381 g/mol. The average Bonchev–Trinajstić information content (AvgIpc) is 3.26. The Bertz CT molecular complexity index is 1170. The van der Waals surface area contributed by atoms with Crippen LogP contribution in [0.25, 0.3) is 11.3 Å². The molecule has 5 heteroatoms. The second kappa shape index (κ2) is 7.94. The Morgan fingerprint density at radius 3 is 2.28 bits per heavy atom. The first-order valence-corrected chi connectivity index (χ1v) is 9.24. The SMILES string of the molecule is Cc1ccc(NC(=O)c2cc(-c3ccccc3)n[nH]2)c(C(=O)c2ccccc2)c1. The minimum absolute atomic E-state index is 0.140. The summed E-state index contributed by atoms with van der Waals surface area (Å²) in [6, 6.07) is 25.7. The van der Waals surface area contributed by atoms with Crippen LogP contribution in [0.15, 0.2) is 84.9 Å². The highest BCUT2D eigenvalue weighted by Crippen LogP contribution is 2.23. The molecule has 0 saturated heterocycles. The second-order valence-electron chi connectivity index (χ2n) is 6.73. The molecule has 0 aliphatic carbocycles. The molecule has 0 unspecified atom stereocenters. The molecule has 0 fully saturated rings. The molecule has 29 heavy (non-hydrogen) atoms. The molecule has 0 atom stereocenters. The molecule has 1 heterocycles. The summed E-state index contributed by atoms with van der Waals surface area (Å²) in [5.74, 6) is -0.496. The molecule has 2 N–H and O–H groups in total. The maximum absolute atomic E-state index is 13.0. The number of ketones is 1. The highest BCUT2D eigenvalue weighted by atomic mass is 16.2. The van der Waals surface area contributed by atoms with Crippen LogP contribution in [-0.2, 0) is 0 Å². The van der Waals surface area contributed by atoms with E-state index in [1.54, 1.807) is 30.3 Å². The fourth-order valence-electron chi connectivity index (χ4n) is 3.08. The summed E-state index contributed by atoms with van der Waals surface area (Å²) in [7, 11) is 0. The van der Waals surface area contributed by atoms with E-state index >= 15 is 0 Å². The highest BCUT2D eigenvalue weighted by molar-refractivity contribution is 6.15. The Kier molecular flexibility index (Phi) is 5.03. The number of benzene rings is 3. The third-order valence-electron chi connectivity index (χ3n) is 4.60. The Balaban J connectivity index is 1.61. The fourth-order valence-corrected chi connectivity index (χ4v) is 3.08. The summed E-state index contributed by atoms with van der Waals surface area (Å²) in [4.78, 5) is 25.7. The predicted octanol–water partition coefficient (Wildman–Crippen LogP) is 4.87. The van der Waals surface area contributed by atoms with Crippen molar-refractivity contribution in [3.63, 3.8) is 0 Å². The van der Waals surface area contributed by atoms with Gasteiger partial charge in [-0.05, 0) is 25.1 Å². The number of H-pyrrole nitrogens is 1. The minimum atomic E-state index is -0.356. The van der Waals surface area contributed by atoms with E-state index in [2.05, 4.69) is 15.5 Å². The highest BCUT2D eigenvalue weighted by Gasteiger charge is 2.17. The molecule has 142 valence electrons. The minimum Gasteiger partial charge on any atom is -0.320 e. The molecule has 1 amide bonds. The number of hydrogen-bond acceptors (Lipinski definition) is 3. The number of hydrogen-bond donors (Lipinski definition) is 2. The number of anilines is 1. The largest absolute Gasteiger partial charge is 0.320 e. The molecule has 0 spiro atoms. The number of carbonyl (C=O) groups is 2. The van der Waals surface area contributed by atoms with E-state index in [4.69, 9.17) is 0 Å². The number of nitrogens with zero attached hydrogens (tertiary/aromatic N) is 1. The van der Waals surface area contributed by atoms with Crippen molar-refractivity contribution in [3.05, 3.63) is 107 Å². The summed E-state index contributed by atoms with van der Waals surface area (Å²) in [6.45, 7) is 1.91. The van der Waals surface area contributed by atoms with Crippen LogP contribution in [-0.4, -0.2) is 21.9 Å². The van der Waals surface area contributed by atoms with Crippen molar-refractivity contribution < 1.29 is 9.59 Å². The number of nitrogens with one attached hydrogen (secondary N) is 2. The third-order valence-corrected chi connectivity index (χ3v) is 4.60. The Labute approximate surface area is 168 Å². The van der Waals surface area contributed by atoms with Gasteiger partial charge in [0.2, 0.25) is 0 Å². The van der Waals surface area contributed by atoms with Crippen LogP contribution < -0.4 is 5.32 Å². The fraction of sp³-hybridized carbons (Fsp3) is 0.0417. The lowest BCUT2D eigenvalue weighted by Gasteiger charge is -2.11. The molecule has 3 aromatic carbocycles. The first-order chi connectivity index (χ1) is 14.1. The number of aromatic nitrogens is 2. The van der Waals surface area contributed by atoms with Gasteiger partial charge >= 0.3 is 0 Å². The van der Waals surface area contributed by atoms with Gasteiger partial charge in [-0.2, -0.15) is 5.10 Å². The van der Waals surface area contributed by atoms with E-state index < -0.39 is 0 Å². The number of aromatic amines is 1. The lowest BCUT2D eigenvalue weighted by Crippen LogP contribution is -2.16. The van der Waals surface area contributed by atoms with Crippen molar-refractivity contribution >= 4 is 17.4 Å². The monoisotopic (exact) mass is 381 g/mol. The van der Waals surface area contributed by atoms with E-state index in [1.807, 2.05) is 61.5 Å². The van der Waals surface area contributed by atoms with Crippen molar-refractivity contribution in [3.8, 4) is 11.3 Å². The quantitative estimate of drug-likeness (QED) is 0.484. The molecule has 0 aliphatic heterocycles. The Morgan fingerprint density at radius 2 is 1.55 bits per heavy atom. The van der Waals surface area contributed by atoms with Crippen LogP contribution >= 0.6 is 0 Å². The van der Waals surface area contributed by atoms with Gasteiger partial charge in [0.1, 0.15) is 5.69 Å². The topological polar surface area (TPSA) is 74.8 Å². The zero-order valence-electron chi connectivity index (χ0n) is 15.8. The maximum Gasteiger partial charge on any atom is 0.273 e. The van der Waals surface area contributed by atoms with E-state index in [-0.39, 0.29) is 11.7 Å². The zero-order chi connectivity index (χ0) is 20.2. The van der Waals surface area contributed by atoms with Crippen molar-refractivity contribution in [2.24, 2.45) is 0 Å². The standard InChI is InChI=1S/C24H19N3O2/c1-16-12-13-20(19(14-16)23(28)18-10-6-3-7-11-18)25-24(29)22-15-21(26-27-22)17-8-4-2-5-9-17/h2-15H,1H3,(H,25,29)(H,26,27). The van der Waals surface area contributed by atoms with Crippen molar-refractivity contribution in [2.45, 2.75) is 6.92 Å². The van der Waals surface area contributed by atoms with E-state index in [9.17, 15) is 9.59 Å². The van der Waals surface area contributed by atoms with Crippen molar-refractivity contribution in [2.75, 3.05) is 5.32 Å². The summed E-state index contributed by atoms with van der Waals surface area (Å²) < 4.78 is 0. The lowest BCUT2D eigenvalue weighted by atomic mass is 9.99. The number of amides is 1. The van der Waals surface area contributed by atoms with Crippen LogP contribution in [0.1, 0.15) is 32.0 Å². The first-order valence-electron chi connectivity index (χ1n) is 9.24. The maximum atomic E-state index is 13.0. The summed E-state index contributed by atoms with van der Waals surface area (Å²) in [5, 5.41) is 9.82. The molecule has 1 aromatic heterocycles. The third kappa shape index (κ3) is 3.99.